The highest BCUT2D eigenvalue weighted by atomic mass is 19.1. The second kappa shape index (κ2) is 9.73. The predicted molar refractivity (Wildman–Crippen MR) is 157 cm³/mol. The Balaban J connectivity index is 1.56. The highest BCUT2D eigenvalue weighted by molar-refractivity contribution is 5.95. The van der Waals surface area contributed by atoms with E-state index in [-0.39, 0.29) is 66.2 Å². The number of rotatable bonds is 5. The number of methoxy groups -OCH3 is 1. The van der Waals surface area contributed by atoms with Gasteiger partial charge in [0.2, 0.25) is 5.91 Å². The molecule has 0 saturated heterocycles. The van der Waals surface area contributed by atoms with Crippen LogP contribution in [-0.2, 0) is 34.6 Å². The van der Waals surface area contributed by atoms with E-state index in [1.165, 1.54) is 13.2 Å². The molecule has 1 aliphatic heterocycles. The first-order valence-corrected chi connectivity index (χ1v) is 14.8. The van der Waals surface area contributed by atoms with Gasteiger partial charge >= 0.3 is 0 Å². The first-order valence-electron chi connectivity index (χ1n) is 14.8. The van der Waals surface area contributed by atoms with Gasteiger partial charge in [-0.2, -0.15) is 0 Å². The number of amides is 1. The predicted octanol–water partition coefficient (Wildman–Crippen LogP) is 4.86. The summed E-state index contributed by atoms with van der Waals surface area (Å²) in [7, 11) is 1.44. The van der Waals surface area contributed by atoms with Crippen LogP contribution in [0.5, 0.6) is 5.75 Å². The van der Waals surface area contributed by atoms with Gasteiger partial charge in [0.15, 0.2) is 17.3 Å². The van der Waals surface area contributed by atoms with Gasteiger partial charge < -0.3 is 19.7 Å². The van der Waals surface area contributed by atoms with Crippen molar-refractivity contribution in [3.8, 4) is 17.1 Å². The Labute approximate surface area is 244 Å². The zero-order chi connectivity index (χ0) is 30.3. The van der Waals surface area contributed by atoms with Gasteiger partial charge in [-0.05, 0) is 48.6 Å². The standard InChI is InChI=1S/C33H38FN3O5/c1-7-33(41)20-13-24-29-19(15-37(24)31(40)17(20)9-11-25(33)38)28-22(35-26(39)12-16(2)32(3,4)5)10-8-18-27(28)23(36-29)14-21(34)30(18)42-6/h13-14,16,22,41H,7-12,15H2,1-6H3,(H,35,39)/t16-,22?,33-/m0/s1. The Morgan fingerprint density at radius 2 is 1.95 bits per heavy atom. The fourth-order valence-electron chi connectivity index (χ4n) is 6.95. The smallest absolute Gasteiger partial charge is 0.254 e. The molecular weight excluding hydrogens is 537 g/mol. The summed E-state index contributed by atoms with van der Waals surface area (Å²) in [5.41, 5.74) is 2.50. The lowest BCUT2D eigenvalue weighted by Gasteiger charge is -2.32. The Kier molecular flexibility index (Phi) is 6.61. The Morgan fingerprint density at radius 1 is 1.21 bits per heavy atom. The summed E-state index contributed by atoms with van der Waals surface area (Å²) in [6.07, 6.45) is 1.94. The summed E-state index contributed by atoms with van der Waals surface area (Å²) in [6.45, 7) is 10.4. The summed E-state index contributed by atoms with van der Waals surface area (Å²) in [5.74, 6) is -0.557. The van der Waals surface area contributed by atoms with Gasteiger partial charge in [-0.25, -0.2) is 9.37 Å². The second-order valence-corrected chi connectivity index (χ2v) is 13.2. The van der Waals surface area contributed by atoms with Crippen molar-refractivity contribution in [2.75, 3.05) is 7.11 Å². The zero-order valence-corrected chi connectivity index (χ0v) is 25.1. The molecule has 1 unspecified atom stereocenters. The van der Waals surface area contributed by atoms with E-state index in [2.05, 4.69) is 33.0 Å². The molecule has 1 amide bonds. The van der Waals surface area contributed by atoms with Crippen molar-refractivity contribution in [3.63, 3.8) is 0 Å². The maximum Gasteiger partial charge on any atom is 0.254 e. The minimum absolute atomic E-state index is 0.0314. The number of aromatic nitrogens is 2. The molecule has 8 nitrogen and oxygen atoms in total. The van der Waals surface area contributed by atoms with Crippen molar-refractivity contribution in [3.05, 3.63) is 56.1 Å². The lowest BCUT2D eigenvalue weighted by Crippen LogP contribution is -2.43. The summed E-state index contributed by atoms with van der Waals surface area (Å²) in [5, 5.41) is 15.4. The number of aryl methyl sites for hydroxylation is 1. The normalized spacial score (nSPS) is 21.5. The molecule has 6 rings (SSSR count). The molecule has 3 atom stereocenters. The number of carbonyl (C=O) groups excluding carboxylic acids is 2. The van der Waals surface area contributed by atoms with E-state index in [1.54, 1.807) is 17.6 Å². The average molecular weight is 576 g/mol. The summed E-state index contributed by atoms with van der Waals surface area (Å²) >= 11 is 0. The number of nitrogens with zero attached hydrogens (tertiary/aromatic N) is 2. The van der Waals surface area contributed by atoms with Gasteiger partial charge in [0.1, 0.15) is 5.60 Å². The Bertz CT molecular complexity index is 1740. The number of hydrogen-bond donors (Lipinski definition) is 2. The third-order valence-electron chi connectivity index (χ3n) is 9.95. The lowest BCUT2D eigenvalue weighted by atomic mass is 9.77. The van der Waals surface area contributed by atoms with E-state index in [0.717, 1.165) is 16.5 Å². The van der Waals surface area contributed by atoms with Crippen LogP contribution in [0.1, 0.15) is 94.2 Å². The van der Waals surface area contributed by atoms with Crippen LogP contribution >= 0.6 is 0 Å². The molecule has 3 heterocycles. The number of hydrogen-bond acceptors (Lipinski definition) is 6. The van der Waals surface area contributed by atoms with Crippen LogP contribution in [0.25, 0.3) is 22.3 Å². The molecule has 9 heteroatoms. The van der Waals surface area contributed by atoms with Crippen LogP contribution in [0.2, 0.25) is 0 Å². The molecular formula is C33H38FN3O5. The largest absolute Gasteiger partial charge is 0.493 e. The van der Waals surface area contributed by atoms with E-state index in [1.807, 2.05) is 0 Å². The molecule has 0 fully saturated rings. The number of ether oxygens (including phenoxy) is 1. The fourth-order valence-corrected chi connectivity index (χ4v) is 6.95. The van der Waals surface area contributed by atoms with Gasteiger partial charge in [-0.15, -0.1) is 0 Å². The van der Waals surface area contributed by atoms with Crippen LogP contribution in [0, 0.1) is 17.2 Å². The molecule has 222 valence electrons. The van der Waals surface area contributed by atoms with Crippen LogP contribution in [0.4, 0.5) is 4.39 Å². The average Bonchev–Trinajstić information content (AvgIpc) is 3.30. The number of halogens is 1. The van der Waals surface area contributed by atoms with E-state index < -0.39 is 11.4 Å². The highest BCUT2D eigenvalue weighted by Crippen LogP contribution is 2.47. The van der Waals surface area contributed by atoms with Gasteiger partial charge in [0.05, 0.1) is 36.6 Å². The molecule has 2 aromatic heterocycles. The summed E-state index contributed by atoms with van der Waals surface area (Å²) in [4.78, 5) is 44.9. The number of Topliss-reactive ketones (excluding diaryl/α,β-unsaturated/α-hetero) is 1. The van der Waals surface area contributed by atoms with Crippen LogP contribution in [0.15, 0.2) is 16.9 Å². The third kappa shape index (κ3) is 4.11. The maximum atomic E-state index is 15.3. The number of aliphatic hydroxyl groups is 1. The molecule has 3 aliphatic rings. The van der Waals surface area contributed by atoms with Crippen molar-refractivity contribution in [2.24, 2.45) is 11.3 Å². The van der Waals surface area contributed by atoms with Crippen molar-refractivity contribution < 1.29 is 23.8 Å². The van der Waals surface area contributed by atoms with Crippen molar-refractivity contribution in [1.82, 2.24) is 14.9 Å². The van der Waals surface area contributed by atoms with E-state index >= 15 is 4.39 Å². The Hall–Kier alpha value is -3.59. The molecule has 0 bridgehead atoms. The molecule has 2 N–H and O–H groups in total. The number of ketones is 1. The van der Waals surface area contributed by atoms with Gasteiger partial charge in [-0.1, -0.05) is 34.6 Å². The number of nitrogens with one attached hydrogen (secondary N) is 1. The third-order valence-corrected chi connectivity index (χ3v) is 9.95. The first-order chi connectivity index (χ1) is 19.8. The highest BCUT2D eigenvalue weighted by Gasteiger charge is 2.44. The molecule has 2 aliphatic carbocycles. The zero-order valence-electron chi connectivity index (χ0n) is 25.1. The maximum absolute atomic E-state index is 15.3. The van der Waals surface area contributed by atoms with Crippen LogP contribution < -0.4 is 15.6 Å². The Morgan fingerprint density at radius 3 is 2.62 bits per heavy atom. The summed E-state index contributed by atoms with van der Waals surface area (Å²) < 4.78 is 22.4. The van der Waals surface area contributed by atoms with Crippen molar-refractivity contribution in [2.45, 2.75) is 91.3 Å². The van der Waals surface area contributed by atoms with Crippen LogP contribution in [0.3, 0.4) is 0 Å². The molecule has 0 spiro atoms. The number of benzene rings is 1. The topological polar surface area (TPSA) is 111 Å². The number of fused-ring (bicyclic) bond motifs is 5. The van der Waals surface area contributed by atoms with Crippen molar-refractivity contribution in [1.29, 1.82) is 0 Å². The minimum atomic E-state index is -1.73. The van der Waals surface area contributed by atoms with E-state index in [4.69, 9.17) is 9.72 Å². The van der Waals surface area contributed by atoms with Gasteiger partial charge in [0.25, 0.3) is 5.56 Å². The van der Waals surface area contributed by atoms with Gasteiger partial charge in [0, 0.05) is 46.5 Å². The van der Waals surface area contributed by atoms with Crippen molar-refractivity contribution >= 4 is 22.6 Å². The van der Waals surface area contributed by atoms with E-state index in [0.29, 0.717) is 52.9 Å². The lowest BCUT2D eigenvalue weighted by molar-refractivity contribution is -0.140. The molecule has 3 aromatic rings. The quantitative estimate of drug-likeness (QED) is 0.352. The molecule has 1 aromatic carbocycles. The second-order valence-electron chi connectivity index (χ2n) is 13.2. The minimum Gasteiger partial charge on any atom is -0.493 e. The number of pyridine rings is 2. The monoisotopic (exact) mass is 575 g/mol. The molecule has 42 heavy (non-hydrogen) atoms. The summed E-state index contributed by atoms with van der Waals surface area (Å²) in [6, 6.07) is 2.70. The van der Waals surface area contributed by atoms with E-state index in [9.17, 15) is 19.5 Å². The number of carbonyl (C=O) groups is 2. The van der Waals surface area contributed by atoms with Gasteiger partial charge in [-0.3, -0.25) is 14.4 Å². The van der Waals surface area contributed by atoms with Crippen LogP contribution in [-0.4, -0.2) is 33.5 Å². The fraction of sp³-hybridized carbons (Fsp3) is 0.515. The molecule has 0 saturated carbocycles. The molecule has 0 radical (unpaired) electrons. The SMILES string of the molecule is CC[C@@]1(O)C(=O)CCc2c1cc1n(c2=O)Cc2c-1nc1cc(F)c(OC)c3c1c2C(NC(=O)C[C@H](C)C(C)(C)C)CC3. The first kappa shape index (κ1) is 28.5.